The number of rotatable bonds is 6. The van der Waals surface area contributed by atoms with Gasteiger partial charge in [0.1, 0.15) is 5.04 Å². The lowest BCUT2D eigenvalue weighted by Crippen LogP contribution is -2.37. The summed E-state index contributed by atoms with van der Waals surface area (Å²) < 4.78 is 0. The van der Waals surface area contributed by atoms with Crippen LogP contribution < -0.4 is 5.32 Å². The van der Waals surface area contributed by atoms with Crippen molar-refractivity contribution in [3.8, 4) is 0 Å². The fourth-order valence-electron chi connectivity index (χ4n) is 1.76. The molecule has 6 heteroatoms. The summed E-state index contributed by atoms with van der Waals surface area (Å²) in [4.78, 5) is 11.9. The van der Waals surface area contributed by atoms with Gasteiger partial charge in [-0.1, -0.05) is 12.1 Å². The van der Waals surface area contributed by atoms with E-state index in [1.54, 1.807) is 18.8 Å². The van der Waals surface area contributed by atoms with E-state index in [-0.39, 0.29) is 17.2 Å². The SMILES string of the molecule is CNC(=O)C(C(=NO)SCCSC)C1(C)CC1. The molecule has 0 heterocycles. The van der Waals surface area contributed by atoms with Gasteiger partial charge in [0, 0.05) is 18.6 Å². The fraction of sp³-hybridized carbons (Fsp3) is 0.818. The van der Waals surface area contributed by atoms with Gasteiger partial charge in [0.05, 0.1) is 5.92 Å². The van der Waals surface area contributed by atoms with Crippen molar-refractivity contribution in [3.05, 3.63) is 0 Å². The van der Waals surface area contributed by atoms with Gasteiger partial charge < -0.3 is 10.5 Å². The molecule has 1 amide bonds. The molecule has 1 atom stereocenters. The fourth-order valence-corrected chi connectivity index (χ4v) is 3.58. The van der Waals surface area contributed by atoms with Crippen LogP contribution in [0.15, 0.2) is 5.16 Å². The van der Waals surface area contributed by atoms with Gasteiger partial charge in [0.2, 0.25) is 5.91 Å². The van der Waals surface area contributed by atoms with Gasteiger partial charge in [-0.05, 0) is 24.5 Å². The number of hydrogen-bond acceptors (Lipinski definition) is 5. The molecule has 0 radical (unpaired) electrons. The van der Waals surface area contributed by atoms with E-state index in [9.17, 15) is 4.79 Å². The zero-order valence-electron chi connectivity index (χ0n) is 10.5. The first-order valence-corrected chi connectivity index (χ1v) is 8.02. The number of carbonyl (C=O) groups excluding carboxylic acids is 1. The first-order valence-electron chi connectivity index (χ1n) is 5.64. The highest BCUT2D eigenvalue weighted by Crippen LogP contribution is 2.53. The number of oxime groups is 1. The molecule has 1 fully saturated rings. The van der Waals surface area contributed by atoms with E-state index in [2.05, 4.69) is 17.4 Å². The molecule has 0 saturated heterocycles. The number of hydrogen-bond donors (Lipinski definition) is 2. The van der Waals surface area contributed by atoms with Gasteiger partial charge in [-0.3, -0.25) is 4.79 Å². The molecular weight excluding hydrogens is 256 g/mol. The second-order valence-corrected chi connectivity index (χ2v) is 6.58. The molecule has 1 unspecified atom stereocenters. The average molecular weight is 276 g/mol. The first kappa shape index (κ1) is 14.7. The second-order valence-electron chi connectivity index (χ2n) is 4.48. The monoisotopic (exact) mass is 276 g/mol. The molecule has 1 rings (SSSR count). The van der Waals surface area contributed by atoms with Crippen molar-refractivity contribution < 1.29 is 10.0 Å². The molecule has 0 aromatic carbocycles. The van der Waals surface area contributed by atoms with Crippen LogP contribution in [0.25, 0.3) is 0 Å². The third-order valence-electron chi connectivity index (χ3n) is 3.13. The number of amides is 1. The molecule has 0 aromatic heterocycles. The summed E-state index contributed by atoms with van der Waals surface area (Å²) in [5.74, 6) is 1.50. The molecule has 0 aromatic rings. The molecular formula is C11H20N2O2S2. The Labute approximate surface area is 111 Å². The first-order chi connectivity index (χ1) is 8.09. The van der Waals surface area contributed by atoms with Crippen molar-refractivity contribution in [1.29, 1.82) is 0 Å². The van der Waals surface area contributed by atoms with Crippen LogP contribution in [0.3, 0.4) is 0 Å². The Morgan fingerprint density at radius 2 is 2.18 bits per heavy atom. The highest BCUT2D eigenvalue weighted by molar-refractivity contribution is 8.14. The quantitative estimate of drug-likeness (QED) is 0.256. The van der Waals surface area contributed by atoms with Gasteiger partial charge in [-0.25, -0.2) is 0 Å². The zero-order chi connectivity index (χ0) is 12.9. The molecule has 0 bridgehead atoms. The second kappa shape index (κ2) is 6.54. The Bertz CT molecular complexity index is 304. The van der Waals surface area contributed by atoms with E-state index >= 15 is 0 Å². The standard InChI is InChI=1S/C11H20N2O2S2/c1-11(4-5-11)8(9(14)12-2)10(13-15)17-7-6-16-3/h8,15H,4-7H2,1-3H3,(H,12,14). The Morgan fingerprint density at radius 3 is 2.59 bits per heavy atom. The van der Waals surface area contributed by atoms with Crippen molar-refractivity contribution in [1.82, 2.24) is 5.32 Å². The number of nitrogens with one attached hydrogen (secondary N) is 1. The summed E-state index contributed by atoms with van der Waals surface area (Å²) in [6, 6.07) is 0. The predicted octanol–water partition coefficient (Wildman–Crippen LogP) is 2.03. The van der Waals surface area contributed by atoms with Crippen LogP contribution >= 0.6 is 23.5 Å². The third-order valence-corrected chi connectivity index (χ3v) is 5.02. The van der Waals surface area contributed by atoms with Crippen LogP contribution in [-0.4, -0.2) is 41.0 Å². The lowest BCUT2D eigenvalue weighted by molar-refractivity contribution is -0.124. The molecule has 2 N–H and O–H groups in total. The lowest BCUT2D eigenvalue weighted by Gasteiger charge is -2.22. The van der Waals surface area contributed by atoms with Crippen LogP contribution in [0.2, 0.25) is 0 Å². The van der Waals surface area contributed by atoms with Crippen LogP contribution in [0.4, 0.5) is 0 Å². The lowest BCUT2D eigenvalue weighted by atomic mass is 9.91. The van der Waals surface area contributed by atoms with E-state index in [0.717, 1.165) is 24.3 Å². The topological polar surface area (TPSA) is 61.7 Å². The predicted molar refractivity (Wildman–Crippen MR) is 75.0 cm³/mol. The molecule has 1 aliphatic rings. The molecule has 0 aliphatic heterocycles. The van der Waals surface area contributed by atoms with Crippen molar-refractivity contribution >= 4 is 34.5 Å². The average Bonchev–Trinajstić information content (AvgIpc) is 3.06. The molecule has 0 spiro atoms. The van der Waals surface area contributed by atoms with Crippen molar-refractivity contribution in [2.45, 2.75) is 19.8 Å². The molecule has 98 valence electrons. The summed E-state index contributed by atoms with van der Waals surface area (Å²) >= 11 is 3.23. The van der Waals surface area contributed by atoms with Crippen molar-refractivity contribution in [2.75, 3.05) is 24.8 Å². The minimum absolute atomic E-state index is 0.0198. The number of carbonyl (C=O) groups is 1. The maximum atomic E-state index is 11.9. The zero-order valence-corrected chi connectivity index (χ0v) is 12.2. The van der Waals surface area contributed by atoms with Gasteiger partial charge in [0.15, 0.2) is 0 Å². The van der Waals surface area contributed by atoms with Crippen molar-refractivity contribution in [3.63, 3.8) is 0 Å². The smallest absolute Gasteiger partial charge is 0.230 e. The molecule has 17 heavy (non-hydrogen) atoms. The summed E-state index contributed by atoms with van der Waals surface area (Å²) in [6.07, 6.45) is 4.08. The maximum Gasteiger partial charge on any atom is 0.230 e. The van der Waals surface area contributed by atoms with E-state index in [4.69, 9.17) is 5.21 Å². The van der Waals surface area contributed by atoms with Gasteiger partial charge >= 0.3 is 0 Å². The Morgan fingerprint density at radius 1 is 1.53 bits per heavy atom. The molecule has 1 saturated carbocycles. The van der Waals surface area contributed by atoms with Crippen molar-refractivity contribution in [2.24, 2.45) is 16.5 Å². The Balaban J connectivity index is 2.70. The van der Waals surface area contributed by atoms with Gasteiger partial charge in [-0.15, -0.1) is 11.8 Å². The minimum atomic E-state index is -0.302. The highest BCUT2D eigenvalue weighted by Gasteiger charge is 2.50. The summed E-state index contributed by atoms with van der Waals surface area (Å²) in [6.45, 7) is 2.08. The van der Waals surface area contributed by atoms with Gasteiger partial charge in [0.25, 0.3) is 0 Å². The van der Waals surface area contributed by atoms with E-state index < -0.39 is 0 Å². The summed E-state index contributed by atoms with van der Waals surface area (Å²) in [5, 5.41) is 15.7. The van der Waals surface area contributed by atoms with Gasteiger partial charge in [-0.2, -0.15) is 11.8 Å². The Hall–Kier alpha value is -0.360. The van der Waals surface area contributed by atoms with E-state index in [1.165, 1.54) is 11.8 Å². The number of thioether (sulfide) groups is 2. The number of nitrogens with zero attached hydrogens (tertiary/aromatic N) is 1. The molecule has 1 aliphatic carbocycles. The summed E-state index contributed by atoms with van der Waals surface area (Å²) in [5.41, 5.74) is -0.0198. The van der Waals surface area contributed by atoms with Crippen LogP contribution in [0.1, 0.15) is 19.8 Å². The summed E-state index contributed by atoms with van der Waals surface area (Å²) in [7, 11) is 1.63. The highest BCUT2D eigenvalue weighted by atomic mass is 32.2. The van der Waals surface area contributed by atoms with Crippen LogP contribution in [0.5, 0.6) is 0 Å². The third kappa shape index (κ3) is 3.81. The van der Waals surface area contributed by atoms with Crippen LogP contribution in [-0.2, 0) is 4.79 Å². The van der Waals surface area contributed by atoms with E-state index in [1.807, 2.05) is 6.26 Å². The largest absolute Gasteiger partial charge is 0.410 e. The van der Waals surface area contributed by atoms with E-state index in [0.29, 0.717) is 5.04 Å². The normalized spacial score (nSPS) is 19.8. The maximum absolute atomic E-state index is 11.9. The molecule has 4 nitrogen and oxygen atoms in total. The van der Waals surface area contributed by atoms with Crippen LogP contribution in [0, 0.1) is 11.3 Å². The Kier molecular flexibility index (Phi) is 5.66. The minimum Gasteiger partial charge on any atom is -0.410 e.